The molecule has 0 amide bonds. The second-order valence-electron chi connectivity index (χ2n) is 4.02. The van der Waals surface area contributed by atoms with Crippen molar-refractivity contribution in [1.29, 1.82) is 0 Å². The lowest BCUT2D eigenvalue weighted by atomic mass is 10.2. The quantitative estimate of drug-likeness (QED) is 0.569. The largest absolute Gasteiger partial charge is 0.376 e. The van der Waals surface area contributed by atoms with E-state index in [9.17, 15) is 0 Å². The molecule has 3 heteroatoms. The Morgan fingerprint density at radius 1 is 1.07 bits per heavy atom. The third-order valence-electron chi connectivity index (χ3n) is 2.14. The zero-order valence-corrected chi connectivity index (χ0v) is 10.7. The van der Waals surface area contributed by atoms with Crippen molar-refractivity contribution in [2.24, 2.45) is 0 Å². The number of ether oxygens (including phenoxy) is 2. The van der Waals surface area contributed by atoms with Gasteiger partial charge in [-0.05, 0) is 33.2 Å². The van der Waals surface area contributed by atoms with E-state index in [2.05, 4.69) is 19.2 Å². The first kappa shape index (κ1) is 14.9. The van der Waals surface area contributed by atoms with Crippen LogP contribution in [0.4, 0.5) is 0 Å². The summed E-state index contributed by atoms with van der Waals surface area (Å²) in [6, 6.07) is 0. The molecule has 0 bridgehead atoms. The van der Waals surface area contributed by atoms with E-state index in [0.717, 1.165) is 19.5 Å². The average Bonchev–Trinajstić information content (AvgIpc) is 2.21. The minimum absolute atomic E-state index is 0.298. The van der Waals surface area contributed by atoms with E-state index in [-0.39, 0.29) is 0 Å². The Morgan fingerprint density at radius 3 is 2.27 bits per heavy atom. The third kappa shape index (κ3) is 10.2. The van der Waals surface area contributed by atoms with Gasteiger partial charge in [0.1, 0.15) is 0 Å². The van der Waals surface area contributed by atoms with Crippen LogP contribution in [-0.2, 0) is 9.47 Å². The summed E-state index contributed by atoms with van der Waals surface area (Å²) in [6.07, 6.45) is 2.85. The smallest absolute Gasteiger partial charge is 0.0705 e. The predicted octanol–water partition coefficient (Wildman–Crippen LogP) is 2.21. The van der Waals surface area contributed by atoms with E-state index in [1.54, 1.807) is 0 Å². The molecule has 0 aromatic carbocycles. The normalized spacial score (nSPS) is 13.4. The fourth-order valence-electron chi connectivity index (χ4n) is 1.26. The fourth-order valence-corrected chi connectivity index (χ4v) is 1.26. The van der Waals surface area contributed by atoms with Gasteiger partial charge in [-0.2, -0.15) is 0 Å². The third-order valence-corrected chi connectivity index (χ3v) is 2.14. The molecular formula is C12H27NO2. The first-order valence-electron chi connectivity index (χ1n) is 6.14. The van der Waals surface area contributed by atoms with Crippen LogP contribution in [0.5, 0.6) is 0 Å². The summed E-state index contributed by atoms with van der Waals surface area (Å²) >= 11 is 0. The van der Waals surface area contributed by atoms with E-state index < -0.39 is 0 Å². The summed E-state index contributed by atoms with van der Waals surface area (Å²) in [6.45, 7) is 11.8. The highest BCUT2D eigenvalue weighted by Gasteiger charge is 2.05. The van der Waals surface area contributed by atoms with Gasteiger partial charge in [0.05, 0.1) is 25.4 Å². The van der Waals surface area contributed by atoms with Gasteiger partial charge in [0, 0.05) is 6.54 Å². The molecule has 0 fully saturated rings. The lowest BCUT2D eigenvalue weighted by Crippen LogP contribution is -2.30. The van der Waals surface area contributed by atoms with Crippen molar-refractivity contribution < 1.29 is 9.47 Å². The van der Waals surface area contributed by atoms with Gasteiger partial charge >= 0.3 is 0 Å². The van der Waals surface area contributed by atoms with Crippen LogP contribution >= 0.6 is 0 Å². The standard InChI is InChI=1S/C12H27NO2/c1-5-7-13-10-12(6-2)15-9-8-14-11(3)4/h11-13H,5-10H2,1-4H3. The van der Waals surface area contributed by atoms with E-state index >= 15 is 0 Å². The molecule has 0 saturated carbocycles. The minimum Gasteiger partial charge on any atom is -0.376 e. The molecule has 92 valence electrons. The van der Waals surface area contributed by atoms with Crippen molar-refractivity contribution in [1.82, 2.24) is 5.32 Å². The van der Waals surface area contributed by atoms with E-state index in [1.807, 2.05) is 13.8 Å². The molecule has 3 nitrogen and oxygen atoms in total. The van der Waals surface area contributed by atoms with Crippen LogP contribution in [0.3, 0.4) is 0 Å². The second-order valence-corrected chi connectivity index (χ2v) is 4.02. The van der Waals surface area contributed by atoms with Crippen LogP contribution in [0.1, 0.15) is 40.5 Å². The second kappa shape index (κ2) is 10.4. The number of nitrogens with one attached hydrogen (secondary N) is 1. The fraction of sp³-hybridized carbons (Fsp3) is 1.00. The Bertz CT molecular complexity index is 129. The molecule has 1 atom stereocenters. The van der Waals surface area contributed by atoms with E-state index in [0.29, 0.717) is 25.4 Å². The lowest BCUT2D eigenvalue weighted by molar-refractivity contribution is -0.0129. The van der Waals surface area contributed by atoms with Crippen molar-refractivity contribution in [2.45, 2.75) is 52.7 Å². The first-order valence-corrected chi connectivity index (χ1v) is 6.14. The first-order chi connectivity index (χ1) is 7.20. The van der Waals surface area contributed by atoms with Crippen molar-refractivity contribution in [2.75, 3.05) is 26.3 Å². The molecular weight excluding hydrogens is 190 g/mol. The molecule has 0 aliphatic rings. The zero-order chi connectivity index (χ0) is 11.5. The summed E-state index contributed by atoms with van der Waals surface area (Å²) in [5.74, 6) is 0. The highest BCUT2D eigenvalue weighted by atomic mass is 16.5. The highest BCUT2D eigenvalue weighted by molar-refractivity contribution is 4.59. The Labute approximate surface area is 94.5 Å². The molecule has 0 rings (SSSR count). The predicted molar refractivity (Wildman–Crippen MR) is 64.3 cm³/mol. The topological polar surface area (TPSA) is 30.5 Å². The van der Waals surface area contributed by atoms with Crippen LogP contribution < -0.4 is 5.32 Å². The number of rotatable bonds is 10. The van der Waals surface area contributed by atoms with Crippen LogP contribution in [0, 0.1) is 0 Å². The van der Waals surface area contributed by atoms with Crippen LogP contribution in [0.15, 0.2) is 0 Å². The van der Waals surface area contributed by atoms with Gasteiger partial charge in [-0.15, -0.1) is 0 Å². The van der Waals surface area contributed by atoms with Gasteiger partial charge in [0.25, 0.3) is 0 Å². The monoisotopic (exact) mass is 217 g/mol. The zero-order valence-electron chi connectivity index (χ0n) is 10.7. The van der Waals surface area contributed by atoms with Crippen molar-refractivity contribution in [3.05, 3.63) is 0 Å². The number of hydrogen-bond donors (Lipinski definition) is 1. The Kier molecular flexibility index (Phi) is 10.3. The lowest BCUT2D eigenvalue weighted by Gasteiger charge is -2.17. The van der Waals surface area contributed by atoms with Crippen LogP contribution in [-0.4, -0.2) is 38.5 Å². The molecule has 0 aliphatic heterocycles. The molecule has 15 heavy (non-hydrogen) atoms. The van der Waals surface area contributed by atoms with Crippen LogP contribution in [0.25, 0.3) is 0 Å². The summed E-state index contributed by atoms with van der Waals surface area (Å²) < 4.78 is 11.1. The molecule has 1 N–H and O–H groups in total. The van der Waals surface area contributed by atoms with Crippen molar-refractivity contribution >= 4 is 0 Å². The summed E-state index contributed by atoms with van der Waals surface area (Å²) in [5, 5.41) is 3.37. The Balaban J connectivity index is 3.35. The number of hydrogen-bond acceptors (Lipinski definition) is 3. The van der Waals surface area contributed by atoms with E-state index in [1.165, 1.54) is 6.42 Å². The molecule has 1 unspecified atom stereocenters. The Morgan fingerprint density at radius 2 is 1.73 bits per heavy atom. The maximum absolute atomic E-state index is 5.70. The van der Waals surface area contributed by atoms with Crippen molar-refractivity contribution in [3.63, 3.8) is 0 Å². The molecule has 0 saturated heterocycles. The molecule has 0 radical (unpaired) electrons. The summed E-state index contributed by atoms with van der Waals surface area (Å²) in [5.41, 5.74) is 0. The SMILES string of the molecule is CCCNCC(CC)OCCOC(C)C. The highest BCUT2D eigenvalue weighted by Crippen LogP contribution is 1.97. The molecule has 0 spiro atoms. The summed E-state index contributed by atoms with van der Waals surface area (Å²) in [7, 11) is 0. The Hall–Kier alpha value is -0.120. The van der Waals surface area contributed by atoms with Gasteiger partial charge in [-0.25, -0.2) is 0 Å². The van der Waals surface area contributed by atoms with Gasteiger partial charge in [0.2, 0.25) is 0 Å². The van der Waals surface area contributed by atoms with Crippen molar-refractivity contribution in [3.8, 4) is 0 Å². The van der Waals surface area contributed by atoms with Crippen LogP contribution in [0.2, 0.25) is 0 Å². The van der Waals surface area contributed by atoms with Gasteiger partial charge < -0.3 is 14.8 Å². The average molecular weight is 217 g/mol. The molecule has 0 heterocycles. The summed E-state index contributed by atoms with van der Waals surface area (Å²) in [4.78, 5) is 0. The van der Waals surface area contributed by atoms with Gasteiger partial charge in [-0.1, -0.05) is 13.8 Å². The van der Waals surface area contributed by atoms with E-state index in [4.69, 9.17) is 9.47 Å². The molecule has 0 aliphatic carbocycles. The van der Waals surface area contributed by atoms with Gasteiger partial charge in [-0.3, -0.25) is 0 Å². The minimum atomic E-state index is 0.298. The molecule has 0 aromatic heterocycles. The van der Waals surface area contributed by atoms with Gasteiger partial charge in [0.15, 0.2) is 0 Å². The maximum atomic E-state index is 5.70. The maximum Gasteiger partial charge on any atom is 0.0705 e. The molecule has 0 aromatic rings.